The van der Waals surface area contributed by atoms with Crippen LogP contribution in [-0.2, 0) is 0 Å². The molecule has 7 heteroatoms. The molecule has 1 aromatic heterocycles. The molecule has 3 aromatic carbocycles. The Kier molecular flexibility index (Phi) is 7.00. The molecule has 2 aliphatic heterocycles. The molecule has 0 saturated carbocycles. The Morgan fingerprint density at radius 1 is 0.795 bits per heavy atom. The second kappa shape index (κ2) is 10.7. The van der Waals surface area contributed by atoms with Crippen molar-refractivity contribution in [2.75, 3.05) is 31.1 Å². The quantitative estimate of drug-likeness (QED) is 0.280. The summed E-state index contributed by atoms with van der Waals surface area (Å²) in [6.45, 7) is 8.13. The van der Waals surface area contributed by atoms with Gasteiger partial charge in [0.1, 0.15) is 17.5 Å². The molecule has 6 rings (SSSR count). The lowest BCUT2D eigenvalue weighted by Gasteiger charge is -2.37. The summed E-state index contributed by atoms with van der Waals surface area (Å²) in [7, 11) is 0. The SMILES string of the molecule is Cc1nnc2n1-c1ccccc1N(CCCN1CCC(=C(c3ccc(F)cc3)c3ccc(F)cc3)CC1)C2C. The van der Waals surface area contributed by atoms with Gasteiger partial charge in [0.25, 0.3) is 0 Å². The highest BCUT2D eigenvalue weighted by Gasteiger charge is 2.31. The van der Waals surface area contributed by atoms with Gasteiger partial charge in [-0.25, -0.2) is 8.78 Å². The Labute approximate surface area is 228 Å². The van der Waals surface area contributed by atoms with Crippen molar-refractivity contribution in [3.63, 3.8) is 0 Å². The summed E-state index contributed by atoms with van der Waals surface area (Å²) in [5, 5.41) is 8.83. The average molecular weight is 526 g/mol. The van der Waals surface area contributed by atoms with Gasteiger partial charge in [-0.2, -0.15) is 0 Å². The molecular formula is C32H33F2N5. The fraction of sp³-hybridized carbons (Fsp3) is 0.312. The minimum Gasteiger partial charge on any atom is -0.360 e. The van der Waals surface area contributed by atoms with Crippen LogP contribution in [0.25, 0.3) is 11.3 Å². The van der Waals surface area contributed by atoms with Gasteiger partial charge in [-0.3, -0.25) is 4.57 Å². The topological polar surface area (TPSA) is 37.2 Å². The van der Waals surface area contributed by atoms with Gasteiger partial charge in [0.05, 0.1) is 17.4 Å². The Morgan fingerprint density at radius 3 is 2.00 bits per heavy atom. The summed E-state index contributed by atoms with van der Waals surface area (Å²) >= 11 is 0. The molecule has 200 valence electrons. The largest absolute Gasteiger partial charge is 0.360 e. The maximum atomic E-state index is 13.6. The molecule has 2 aliphatic rings. The molecule has 0 amide bonds. The van der Waals surface area contributed by atoms with Gasteiger partial charge in [0.2, 0.25) is 0 Å². The Morgan fingerprint density at radius 2 is 1.38 bits per heavy atom. The number of aromatic nitrogens is 3. The van der Waals surface area contributed by atoms with Gasteiger partial charge in [-0.15, -0.1) is 10.2 Å². The number of hydrogen-bond donors (Lipinski definition) is 0. The van der Waals surface area contributed by atoms with Crippen LogP contribution in [0.15, 0.2) is 78.4 Å². The molecule has 0 radical (unpaired) electrons. The number of benzene rings is 3. The first-order valence-electron chi connectivity index (χ1n) is 13.7. The zero-order chi connectivity index (χ0) is 26.9. The lowest BCUT2D eigenvalue weighted by molar-refractivity contribution is 0.254. The Hall–Kier alpha value is -3.84. The van der Waals surface area contributed by atoms with Gasteiger partial charge in [-0.05, 0) is 92.8 Å². The predicted molar refractivity (Wildman–Crippen MR) is 151 cm³/mol. The molecule has 1 atom stereocenters. The van der Waals surface area contributed by atoms with Crippen LogP contribution in [0.5, 0.6) is 0 Å². The fourth-order valence-corrected chi connectivity index (χ4v) is 6.07. The van der Waals surface area contributed by atoms with E-state index < -0.39 is 0 Å². The molecule has 5 nitrogen and oxygen atoms in total. The third-order valence-electron chi connectivity index (χ3n) is 8.08. The second-order valence-corrected chi connectivity index (χ2v) is 10.5. The minimum atomic E-state index is -0.252. The zero-order valence-corrected chi connectivity index (χ0v) is 22.4. The van der Waals surface area contributed by atoms with E-state index in [1.165, 1.54) is 35.5 Å². The van der Waals surface area contributed by atoms with Crippen molar-refractivity contribution in [1.29, 1.82) is 0 Å². The molecule has 4 aromatic rings. The van der Waals surface area contributed by atoms with Crippen LogP contribution in [0, 0.1) is 18.6 Å². The standard InChI is InChI=1S/C32H33F2N5/c1-22-32-36-35-23(2)39(32)30-7-4-3-6-29(30)38(22)19-5-18-37-20-16-26(17-21-37)31(24-8-12-27(33)13-9-24)25-10-14-28(34)15-11-25/h3-4,6-15,22H,5,16-21H2,1-2H3. The van der Waals surface area contributed by atoms with Gasteiger partial charge in [0, 0.05) is 19.6 Å². The number of hydrogen-bond acceptors (Lipinski definition) is 4. The monoisotopic (exact) mass is 525 g/mol. The van der Waals surface area contributed by atoms with E-state index in [0.29, 0.717) is 0 Å². The first-order chi connectivity index (χ1) is 19.0. The minimum absolute atomic E-state index is 0.158. The number of piperidine rings is 1. The van der Waals surface area contributed by atoms with Gasteiger partial charge >= 0.3 is 0 Å². The summed E-state index contributed by atoms with van der Waals surface area (Å²) in [6.07, 6.45) is 2.93. The summed E-state index contributed by atoms with van der Waals surface area (Å²) in [6, 6.07) is 22.0. The number of fused-ring (bicyclic) bond motifs is 3. The predicted octanol–water partition coefficient (Wildman–Crippen LogP) is 6.72. The van der Waals surface area contributed by atoms with Gasteiger partial charge in [-0.1, -0.05) is 42.0 Å². The van der Waals surface area contributed by atoms with Crippen molar-refractivity contribution in [2.24, 2.45) is 0 Å². The van der Waals surface area contributed by atoms with E-state index in [-0.39, 0.29) is 17.7 Å². The summed E-state index contributed by atoms with van der Waals surface area (Å²) in [4.78, 5) is 4.98. The van der Waals surface area contributed by atoms with Crippen molar-refractivity contribution in [1.82, 2.24) is 19.7 Å². The van der Waals surface area contributed by atoms with E-state index in [4.69, 9.17) is 0 Å². The highest BCUT2D eigenvalue weighted by Crippen LogP contribution is 2.38. The first-order valence-corrected chi connectivity index (χ1v) is 13.7. The van der Waals surface area contributed by atoms with Crippen molar-refractivity contribution in [3.8, 4) is 5.69 Å². The number of nitrogens with zero attached hydrogens (tertiary/aromatic N) is 5. The maximum absolute atomic E-state index is 13.6. The van der Waals surface area contributed by atoms with Crippen LogP contribution >= 0.6 is 0 Å². The second-order valence-electron chi connectivity index (χ2n) is 10.5. The molecule has 0 spiro atoms. The van der Waals surface area contributed by atoms with Gasteiger partial charge < -0.3 is 9.80 Å². The van der Waals surface area contributed by atoms with Crippen molar-refractivity contribution >= 4 is 11.3 Å². The van der Waals surface area contributed by atoms with Gasteiger partial charge in [0.15, 0.2) is 5.82 Å². The molecule has 0 bridgehead atoms. The van der Waals surface area contributed by atoms with E-state index in [9.17, 15) is 8.78 Å². The summed E-state index contributed by atoms with van der Waals surface area (Å²) in [5.74, 6) is 1.41. The number of halogens is 2. The third-order valence-corrected chi connectivity index (χ3v) is 8.08. The van der Waals surface area contributed by atoms with E-state index in [1.807, 2.05) is 31.2 Å². The maximum Gasteiger partial charge on any atom is 0.160 e. The number of aryl methyl sites for hydroxylation is 1. The lowest BCUT2D eigenvalue weighted by Crippen LogP contribution is -2.37. The summed E-state index contributed by atoms with van der Waals surface area (Å²) in [5.41, 5.74) is 6.78. The van der Waals surface area contributed by atoms with Crippen LogP contribution in [0.2, 0.25) is 0 Å². The van der Waals surface area contributed by atoms with Crippen LogP contribution in [-0.4, -0.2) is 45.8 Å². The molecular weight excluding hydrogens is 492 g/mol. The molecule has 1 saturated heterocycles. The number of anilines is 1. The smallest absolute Gasteiger partial charge is 0.160 e. The molecule has 0 aliphatic carbocycles. The van der Waals surface area contributed by atoms with Crippen molar-refractivity contribution in [2.45, 2.75) is 39.2 Å². The van der Waals surface area contributed by atoms with Crippen molar-refractivity contribution in [3.05, 3.63) is 113 Å². The fourth-order valence-electron chi connectivity index (χ4n) is 6.07. The van der Waals surface area contributed by atoms with Crippen molar-refractivity contribution < 1.29 is 8.78 Å². The van der Waals surface area contributed by atoms with Crippen LogP contribution in [0.4, 0.5) is 14.5 Å². The Bertz CT molecular complexity index is 1430. The highest BCUT2D eigenvalue weighted by molar-refractivity contribution is 5.82. The van der Waals surface area contributed by atoms with E-state index in [0.717, 1.165) is 79.5 Å². The number of likely N-dealkylation sites (tertiary alicyclic amines) is 1. The van der Waals surface area contributed by atoms with E-state index in [1.54, 1.807) is 0 Å². The number of rotatable bonds is 6. The molecule has 39 heavy (non-hydrogen) atoms. The highest BCUT2D eigenvalue weighted by atomic mass is 19.1. The lowest BCUT2D eigenvalue weighted by atomic mass is 9.88. The van der Waals surface area contributed by atoms with Crippen LogP contribution in [0.3, 0.4) is 0 Å². The zero-order valence-electron chi connectivity index (χ0n) is 22.4. The Balaban J connectivity index is 1.14. The normalized spacial score (nSPS) is 17.2. The molecule has 3 heterocycles. The summed E-state index contributed by atoms with van der Waals surface area (Å²) < 4.78 is 29.5. The first kappa shape index (κ1) is 25.4. The molecule has 1 unspecified atom stereocenters. The third kappa shape index (κ3) is 4.99. The van der Waals surface area contributed by atoms with Crippen LogP contribution in [0.1, 0.15) is 55.0 Å². The molecule has 0 N–H and O–H groups in total. The van der Waals surface area contributed by atoms with E-state index in [2.05, 4.69) is 55.8 Å². The number of para-hydroxylation sites is 2. The van der Waals surface area contributed by atoms with E-state index >= 15 is 0 Å². The van der Waals surface area contributed by atoms with Crippen LogP contribution < -0.4 is 4.90 Å². The molecule has 1 fully saturated rings. The average Bonchev–Trinajstić information content (AvgIpc) is 3.35.